The molecule has 2 atom stereocenters. The highest BCUT2D eigenvalue weighted by Crippen LogP contribution is 2.60. The van der Waals surface area contributed by atoms with Gasteiger partial charge in [0.15, 0.2) is 0 Å². The molecule has 2 aliphatic rings. The molecule has 3 heteroatoms. The Morgan fingerprint density at radius 2 is 1.94 bits per heavy atom. The SMILES string of the molecule is N#C[C@@]1(C(=O)N2CCCC2)C[C@H]1c1ccccc1. The van der Waals surface area contributed by atoms with Crippen molar-refractivity contribution in [3.8, 4) is 6.07 Å². The topological polar surface area (TPSA) is 44.1 Å². The summed E-state index contributed by atoms with van der Waals surface area (Å²) in [5, 5.41) is 9.42. The number of hydrogen-bond acceptors (Lipinski definition) is 2. The summed E-state index contributed by atoms with van der Waals surface area (Å²) in [6, 6.07) is 12.2. The highest BCUT2D eigenvalue weighted by atomic mass is 16.2. The van der Waals surface area contributed by atoms with Gasteiger partial charge in [0.1, 0.15) is 5.41 Å². The molecule has 0 radical (unpaired) electrons. The van der Waals surface area contributed by atoms with Gasteiger partial charge in [-0.05, 0) is 24.8 Å². The number of amides is 1. The molecule has 0 aromatic heterocycles. The summed E-state index contributed by atoms with van der Waals surface area (Å²) in [5.41, 5.74) is 0.345. The molecule has 0 bridgehead atoms. The average Bonchev–Trinajstić information content (AvgIpc) is 2.93. The van der Waals surface area contributed by atoms with Crippen LogP contribution < -0.4 is 0 Å². The summed E-state index contributed by atoms with van der Waals surface area (Å²) in [7, 11) is 0. The second kappa shape index (κ2) is 4.13. The second-order valence-corrected chi connectivity index (χ2v) is 5.25. The van der Waals surface area contributed by atoms with Crippen LogP contribution in [0.15, 0.2) is 30.3 Å². The van der Waals surface area contributed by atoms with Crippen molar-refractivity contribution < 1.29 is 4.79 Å². The number of nitrogens with zero attached hydrogens (tertiary/aromatic N) is 2. The van der Waals surface area contributed by atoms with E-state index in [-0.39, 0.29) is 11.8 Å². The zero-order valence-electron chi connectivity index (χ0n) is 10.3. The van der Waals surface area contributed by atoms with Crippen molar-refractivity contribution in [1.29, 1.82) is 5.26 Å². The van der Waals surface area contributed by atoms with Crippen LogP contribution in [-0.4, -0.2) is 23.9 Å². The van der Waals surface area contributed by atoms with E-state index < -0.39 is 5.41 Å². The van der Waals surface area contributed by atoms with Crippen LogP contribution in [0.25, 0.3) is 0 Å². The summed E-state index contributed by atoms with van der Waals surface area (Å²) >= 11 is 0. The van der Waals surface area contributed by atoms with E-state index in [9.17, 15) is 10.1 Å². The molecule has 1 aliphatic heterocycles. The van der Waals surface area contributed by atoms with Gasteiger partial charge in [-0.3, -0.25) is 4.79 Å². The van der Waals surface area contributed by atoms with Gasteiger partial charge in [0.2, 0.25) is 5.91 Å². The molecule has 18 heavy (non-hydrogen) atoms. The molecule has 1 heterocycles. The Morgan fingerprint density at radius 3 is 2.56 bits per heavy atom. The molecule has 3 rings (SSSR count). The summed E-state index contributed by atoms with van der Waals surface area (Å²) < 4.78 is 0. The molecule has 0 spiro atoms. The zero-order chi connectivity index (χ0) is 12.6. The van der Waals surface area contributed by atoms with Crippen LogP contribution >= 0.6 is 0 Å². The van der Waals surface area contributed by atoms with Gasteiger partial charge >= 0.3 is 0 Å². The van der Waals surface area contributed by atoms with Gasteiger partial charge in [-0.25, -0.2) is 0 Å². The Morgan fingerprint density at radius 1 is 1.28 bits per heavy atom. The van der Waals surface area contributed by atoms with E-state index in [1.165, 1.54) is 0 Å². The van der Waals surface area contributed by atoms with E-state index in [1.54, 1.807) is 0 Å². The number of nitriles is 1. The van der Waals surface area contributed by atoms with Gasteiger partial charge in [0, 0.05) is 19.0 Å². The highest BCUT2D eigenvalue weighted by Gasteiger charge is 2.62. The summed E-state index contributed by atoms with van der Waals surface area (Å²) in [4.78, 5) is 14.3. The summed E-state index contributed by atoms with van der Waals surface area (Å²) in [6.45, 7) is 1.65. The third kappa shape index (κ3) is 1.60. The molecular weight excluding hydrogens is 224 g/mol. The zero-order valence-corrected chi connectivity index (χ0v) is 10.3. The standard InChI is InChI=1S/C15H16N2O/c16-11-15(14(18)17-8-4-5-9-17)10-13(15)12-6-2-1-3-7-12/h1-3,6-7,13H,4-5,8-10H2/t13-,15-/m0/s1. The molecule has 2 fully saturated rings. The van der Waals surface area contributed by atoms with Crippen LogP contribution in [0.3, 0.4) is 0 Å². The van der Waals surface area contributed by atoms with E-state index in [1.807, 2.05) is 35.2 Å². The van der Waals surface area contributed by atoms with E-state index in [0.29, 0.717) is 6.42 Å². The number of carbonyl (C=O) groups is 1. The first-order valence-corrected chi connectivity index (χ1v) is 6.53. The van der Waals surface area contributed by atoms with Crippen molar-refractivity contribution in [2.24, 2.45) is 5.41 Å². The maximum atomic E-state index is 12.4. The predicted octanol–water partition coefficient (Wildman–Crippen LogP) is 2.31. The molecule has 1 aliphatic carbocycles. The third-order valence-corrected chi connectivity index (χ3v) is 4.14. The molecule has 0 N–H and O–H groups in total. The minimum Gasteiger partial charge on any atom is -0.341 e. The summed E-state index contributed by atoms with van der Waals surface area (Å²) in [5.74, 6) is 0.146. The molecule has 1 saturated carbocycles. The molecule has 0 unspecified atom stereocenters. The van der Waals surface area contributed by atoms with Crippen molar-refractivity contribution >= 4 is 5.91 Å². The lowest BCUT2D eigenvalue weighted by atomic mass is 9.99. The Hall–Kier alpha value is -1.82. The first kappa shape index (κ1) is 11.3. The monoisotopic (exact) mass is 240 g/mol. The highest BCUT2D eigenvalue weighted by molar-refractivity contribution is 5.90. The van der Waals surface area contributed by atoms with Crippen LogP contribution in [0.5, 0.6) is 0 Å². The van der Waals surface area contributed by atoms with E-state index in [2.05, 4.69) is 6.07 Å². The van der Waals surface area contributed by atoms with Crippen molar-refractivity contribution in [2.75, 3.05) is 13.1 Å². The van der Waals surface area contributed by atoms with Crippen LogP contribution in [-0.2, 0) is 4.79 Å². The minimum absolute atomic E-state index is 0.0522. The number of likely N-dealkylation sites (tertiary alicyclic amines) is 1. The smallest absolute Gasteiger partial charge is 0.243 e. The Balaban J connectivity index is 1.82. The maximum Gasteiger partial charge on any atom is 0.243 e. The quantitative estimate of drug-likeness (QED) is 0.796. The lowest BCUT2D eigenvalue weighted by molar-refractivity contribution is -0.134. The van der Waals surface area contributed by atoms with E-state index in [0.717, 1.165) is 31.5 Å². The fraction of sp³-hybridized carbons (Fsp3) is 0.467. The largest absolute Gasteiger partial charge is 0.341 e. The number of hydrogen-bond donors (Lipinski definition) is 0. The third-order valence-electron chi connectivity index (χ3n) is 4.14. The average molecular weight is 240 g/mol. The molecule has 92 valence electrons. The van der Waals surface area contributed by atoms with Gasteiger partial charge in [-0.1, -0.05) is 30.3 Å². The maximum absolute atomic E-state index is 12.4. The van der Waals surface area contributed by atoms with E-state index in [4.69, 9.17) is 0 Å². The Kier molecular flexibility index (Phi) is 2.59. The number of benzene rings is 1. The molecular formula is C15H16N2O. The minimum atomic E-state index is -0.772. The van der Waals surface area contributed by atoms with Crippen LogP contribution in [0, 0.1) is 16.7 Å². The van der Waals surface area contributed by atoms with Crippen LogP contribution in [0.1, 0.15) is 30.7 Å². The van der Waals surface area contributed by atoms with Gasteiger partial charge in [0.25, 0.3) is 0 Å². The van der Waals surface area contributed by atoms with E-state index >= 15 is 0 Å². The second-order valence-electron chi connectivity index (χ2n) is 5.25. The fourth-order valence-corrected chi connectivity index (χ4v) is 2.96. The van der Waals surface area contributed by atoms with Crippen molar-refractivity contribution in [2.45, 2.75) is 25.2 Å². The van der Waals surface area contributed by atoms with Gasteiger partial charge in [-0.2, -0.15) is 5.26 Å². The molecule has 1 aromatic carbocycles. The Labute approximate surface area is 107 Å². The first-order valence-electron chi connectivity index (χ1n) is 6.53. The van der Waals surface area contributed by atoms with Gasteiger partial charge in [-0.15, -0.1) is 0 Å². The normalized spacial score (nSPS) is 29.9. The first-order chi connectivity index (χ1) is 8.78. The van der Waals surface area contributed by atoms with Gasteiger partial charge < -0.3 is 4.90 Å². The van der Waals surface area contributed by atoms with Crippen molar-refractivity contribution in [1.82, 2.24) is 4.90 Å². The fourth-order valence-electron chi connectivity index (χ4n) is 2.96. The van der Waals surface area contributed by atoms with Crippen molar-refractivity contribution in [3.05, 3.63) is 35.9 Å². The Bertz CT molecular complexity index is 499. The molecule has 1 aromatic rings. The number of carbonyl (C=O) groups excluding carboxylic acids is 1. The molecule has 1 saturated heterocycles. The van der Waals surface area contributed by atoms with Crippen LogP contribution in [0.4, 0.5) is 0 Å². The predicted molar refractivity (Wildman–Crippen MR) is 67.7 cm³/mol. The van der Waals surface area contributed by atoms with Gasteiger partial charge in [0.05, 0.1) is 6.07 Å². The molecule has 3 nitrogen and oxygen atoms in total. The number of rotatable bonds is 2. The summed E-state index contributed by atoms with van der Waals surface area (Å²) in [6.07, 6.45) is 2.83. The lowest BCUT2D eigenvalue weighted by Gasteiger charge is -2.19. The van der Waals surface area contributed by atoms with Crippen LogP contribution in [0.2, 0.25) is 0 Å². The lowest BCUT2D eigenvalue weighted by Crippen LogP contribution is -2.35. The van der Waals surface area contributed by atoms with Crippen molar-refractivity contribution in [3.63, 3.8) is 0 Å². The molecule has 1 amide bonds.